The highest BCUT2D eigenvalue weighted by Crippen LogP contribution is 2.23. The summed E-state index contributed by atoms with van der Waals surface area (Å²) in [6, 6.07) is 3.41. The Labute approximate surface area is 130 Å². The topological polar surface area (TPSA) is 46.3 Å². The zero-order valence-electron chi connectivity index (χ0n) is 11.6. The fourth-order valence-corrected chi connectivity index (χ4v) is 2.92. The molecule has 110 valence electrons. The molecule has 6 heteroatoms. The van der Waals surface area contributed by atoms with Gasteiger partial charge in [0.15, 0.2) is 0 Å². The summed E-state index contributed by atoms with van der Waals surface area (Å²) in [5.74, 6) is 0.453. The minimum absolute atomic E-state index is 0. The Kier molecular flexibility index (Phi) is 8.66. The first-order valence-corrected chi connectivity index (χ1v) is 7.42. The maximum atomic E-state index is 12.2. The minimum atomic E-state index is -0.402. The molecule has 3 nitrogen and oxygen atoms in total. The lowest BCUT2D eigenvalue weighted by Crippen LogP contribution is -2.43. The zero-order valence-corrected chi connectivity index (χ0v) is 13.9. The van der Waals surface area contributed by atoms with E-state index < -0.39 is 6.04 Å². The van der Waals surface area contributed by atoms with Crippen molar-refractivity contribution < 1.29 is 4.79 Å². The molecule has 0 fully saturated rings. The molecule has 1 aromatic heterocycles. The predicted octanol–water partition coefficient (Wildman–Crippen LogP) is 3.55. The monoisotopic (exact) mass is 324 g/mol. The molecule has 0 saturated carbocycles. The first kappa shape index (κ1) is 18.7. The van der Waals surface area contributed by atoms with Crippen LogP contribution in [0.3, 0.4) is 0 Å². The van der Waals surface area contributed by atoms with Crippen LogP contribution in [-0.2, 0) is 11.3 Å². The number of likely N-dealkylation sites (N-methyl/N-ethyl adjacent to an activating group) is 1. The maximum absolute atomic E-state index is 12.2. The highest BCUT2D eigenvalue weighted by atomic mass is 35.5. The van der Waals surface area contributed by atoms with Crippen LogP contribution in [0.4, 0.5) is 0 Å². The van der Waals surface area contributed by atoms with E-state index in [0.717, 1.165) is 15.6 Å². The van der Waals surface area contributed by atoms with E-state index in [1.54, 1.807) is 4.90 Å². The molecule has 1 amide bonds. The van der Waals surface area contributed by atoms with Gasteiger partial charge in [0, 0.05) is 11.4 Å². The fourth-order valence-electron chi connectivity index (χ4n) is 1.81. The van der Waals surface area contributed by atoms with Crippen molar-refractivity contribution in [1.82, 2.24) is 4.90 Å². The standard InChI is InChI=1S/C13H21ClN2OS.ClH/c1-4-16(8-10-5-6-12(14)18-10)13(17)11(15)7-9(2)3;/h5-6,9,11H,4,7-8,15H2,1-3H3;1H/t11-;/m0./s1. The van der Waals surface area contributed by atoms with Crippen molar-refractivity contribution in [3.05, 3.63) is 21.3 Å². The van der Waals surface area contributed by atoms with Crippen LogP contribution in [-0.4, -0.2) is 23.4 Å². The van der Waals surface area contributed by atoms with Crippen molar-refractivity contribution in [2.24, 2.45) is 11.7 Å². The summed E-state index contributed by atoms with van der Waals surface area (Å²) in [7, 11) is 0. The van der Waals surface area contributed by atoms with Gasteiger partial charge < -0.3 is 10.6 Å². The number of amides is 1. The van der Waals surface area contributed by atoms with Crippen LogP contribution >= 0.6 is 35.3 Å². The SMILES string of the molecule is CCN(Cc1ccc(Cl)s1)C(=O)[C@@H](N)CC(C)C.Cl. The lowest BCUT2D eigenvalue weighted by Gasteiger charge is -2.24. The molecular formula is C13H22Cl2N2OS. The van der Waals surface area contributed by atoms with Gasteiger partial charge in [0.25, 0.3) is 0 Å². The molecule has 1 heterocycles. The Morgan fingerprint density at radius 3 is 2.53 bits per heavy atom. The minimum Gasteiger partial charge on any atom is -0.336 e. The molecule has 1 atom stereocenters. The third-order valence-corrected chi connectivity index (χ3v) is 3.93. The quantitative estimate of drug-likeness (QED) is 0.869. The second-order valence-electron chi connectivity index (χ2n) is 4.79. The summed E-state index contributed by atoms with van der Waals surface area (Å²) in [5.41, 5.74) is 5.94. The second kappa shape index (κ2) is 8.80. The summed E-state index contributed by atoms with van der Waals surface area (Å²) in [6.45, 7) is 7.37. The molecule has 0 aliphatic carbocycles. The van der Waals surface area contributed by atoms with Gasteiger partial charge in [-0.1, -0.05) is 25.4 Å². The molecule has 1 rings (SSSR count). The van der Waals surface area contributed by atoms with Gasteiger partial charge in [0.05, 0.1) is 16.9 Å². The van der Waals surface area contributed by atoms with Crippen molar-refractivity contribution in [1.29, 1.82) is 0 Å². The molecule has 19 heavy (non-hydrogen) atoms. The van der Waals surface area contributed by atoms with Gasteiger partial charge in [-0.05, 0) is 31.4 Å². The van der Waals surface area contributed by atoms with Crippen molar-refractivity contribution in [2.45, 2.75) is 39.8 Å². The molecule has 0 radical (unpaired) electrons. The maximum Gasteiger partial charge on any atom is 0.239 e. The number of hydrogen-bond donors (Lipinski definition) is 1. The van der Waals surface area contributed by atoms with Crippen LogP contribution in [0.2, 0.25) is 4.34 Å². The molecule has 0 aromatic carbocycles. The Hall–Kier alpha value is -0.290. The average molecular weight is 325 g/mol. The molecule has 0 spiro atoms. The van der Waals surface area contributed by atoms with Gasteiger partial charge in [-0.3, -0.25) is 4.79 Å². The smallest absolute Gasteiger partial charge is 0.239 e. The number of nitrogens with zero attached hydrogens (tertiary/aromatic N) is 1. The van der Waals surface area contributed by atoms with Gasteiger partial charge in [0.1, 0.15) is 0 Å². The largest absolute Gasteiger partial charge is 0.336 e. The van der Waals surface area contributed by atoms with E-state index >= 15 is 0 Å². The number of carbonyl (C=O) groups excluding carboxylic acids is 1. The lowest BCUT2D eigenvalue weighted by molar-refractivity contribution is -0.133. The average Bonchev–Trinajstić information content (AvgIpc) is 2.70. The first-order valence-electron chi connectivity index (χ1n) is 6.22. The van der Waals surface area contributed by atoms with Crippen molar-refractivity contribution >= 4 is 41.3 Å². The molecule has 0 aliphatic rings. The third kappa shape index (κ3) is 6.13. The van der Waals surface area contributed by atoms with Crippen LogP contribution in [0.25, 0.3) is 0 Å². The molecule has 1 aromatic rings. The molecular weight excluding hydrogens is 303 g/mol. The van der Waals surface area contributed by atoms with Crippen molar-refractivity contribution in [3.8, 4) is 0 Å². The van der Waals surface area contributed by atoms with E-state index in [2.05, 4.69) is 13.8 Å². The summed E-state index contributed by atoms with van der Waals surface area (Å²) in [4.78, 5) is 15.1. The number of halogens is 2. The fraction of sp³-hybridized carbons (Fsp3) is 0.615. The Morgan fingerprint density at radius 1 is 1.47 bits per heavy atom. The van der Waals surface area contributed by atoms with Crippen LogP contribution in [0, 0.1) is 5.92 Å². The number of hydrogen-bond acceptors (Lipinski definition) is 3. The van der Waals surface area contributed by atoms with E-state index in [-0.39, 0.29) is 18.3 Å². The number of thiophene rings is 1. The van der Waals surface area contributed by atoms with Gasteiger partial charge in [-0.2, -0.15) is 0 Å². The lowest BCUT2D eigenvalue weighted by atomic mass is 10.0. The number of carbonyl (C=O) groups is 1. The van der Waals surface area contributed by atoms with Crippen LogP contribution in [0.15, 0.2) is 12.1 Å². The van der Waals surface area contributed by atoms with Gasteiger partial charge in [-0.25, -0.2) is 0 Å². The molecule has 0 bridgehead atoms. The van der Waals surface area contributed by atoms with Crippen molar-refractivity contribution in [2.75, 3.05) is 6.54 Å². The summed E-state index contributed by atoms with van der Waals surface area (Å²) in [6.07, 6.45) is 0.723. The second-order valence-corrected chi connectivity index (χ2v) is 6.59. The van der Waals surface area contributed by atoms with E-state index in [1.807, 2.05) is 19.1 Å². The van der Waals surface area contributed by atoms with E-state index in [4.69, 9.17) is 17.3 Å². The van der Waals surface area contributed by atoms with E-state index in [9.17, 15) is 4.79 Å². The van der Waals surface area contributed by atoms with Gasteiger partial charge >= 0.3 is 0 Å². The number of nitrogens with two attached hydrogens (primary N) is 1. The summed E-state index contributed by atoms with van der Waals surface area (Å²) in [5, 5.41) is 0. The Morgan fingerprint density at radius 2 is 2.11 bits per heavy atom. The Balaban J connectivity index is 0.00000324. The molecule has 2 N–H and O–H groups in total. The third-order valence-electron chi connectivity index (χ3n) is 2.71. The molecule has 0 aliphatic heterocycles. The molecule has 0 unspecified atom stereocenters. The zero-order chi connectivity index (χ0) is 13.7. The van der Waals surface area contributed by atoms with Crippen molar-refractivity contribution in [3.63, 3.8) is 0 Å². The van der Waals surface area contributed by atoms with E-state index in [1.165, 1.54) is 11.3 Å². The van der Waals surface area contributed by atoms with Gasteiger partial charge in [-0.15, -0.1) is 23.7 Å². The normalized spacial score (nSPS) is 12.1. The van der Waals surface area contributed by atoms with Crippen LogP contribution in [0.5, 0.6) is 0 Å². The molecule has 0 saturated heterocycles. The van der Waals surface area contributed by atoms with Crippen LogP contribution < -0.4 is 5.73 Å². The summed E-state index contributed by atoms with van der Waals surface area (Å²) < 4.78 is 0.750. The predicted molar refractivity (Wildman–Crippen MR) is 85.1 cm³/mol. The van der Waals surface area contributed by atoms with Crippen LogP contribution in [0.1, 0.15) is 32.1 Å². The highest BCUT2D eigenvalue weighted by Gasteiger charge is 2.21. The van der Waals surface area contributed by atoms with E-state index in [0.29, 0.717) is 19.0 Å². The summed E-state index contributed by atoms with van der Waals surface area (Å²) >= 11 is 7.39. The first-order chi connectivity index (χ1) is 8.43. The number of rotatable bonds is 6. The van der Waals surface area contributed by atoms with Gasteiger partial charge in [0.2, 0.25) is 5.91 Å². The Bertz CT molecular complexity index is 396. The highest BCUT2D eigenvalue weighted by molar-refractivity contribution is 7.16.